The molecule has 2 N–H and O–H groups in total. The smallest absolute Gasteiger partial charge is 0.303 e. The molecule has 0 aliphatic carbocycles. The maximum atomic E-state index is 12.8. The normalized spacial score (nSPS) is 16.1. The molecular weight excluding hydrogens is 370 g/mol. The molecular formula is C22H29N3O4. The molecule has 3 rings (SSSR count). The third kappa shape index (κ3) is 4.50. The van der Waals surface area contributed by atoms with Gasteiger partial charge in [0.25, 0.3) is 5.91 Å². The molecule has 2 aromatic rings. The maximum Gasteiger partial charge on any atom is 0.303 e. The minimum atomic E-state index is -0.825. The van der Waals surface area contributed by atoms with Crippen molar-refractivity contribution in [3.05, 3.63) is 46.8 Å². The monoisotopic (exact) mass is 399 g/mol. The average Bonchev–Trinajstić information content (AvgIpc) is 3.00. The van der Waals surface area contributed by atoms with Gasteiger partial charge in [0, 0.05) is 30.8 Å². The highest BCUT2D eigenvalue weighted by Gasteiger charge is 2.32. The van der Waals surface area contributed by atoms with Crippen LogP contribution in [-0.2, 0) is 11.2 Å². The zero-order valence-corrected chi connectivity index (χ0v) is 17.3. The van der Waals surface area contributed by atoms with E-state index in [4.69, 9.17) is 5.11 Å². The van der Waals surface area contributed by atoms with Crippen molar-refractivity contribution in [2.45, 2.75) is 58.5 Å². The second-order valence-electron chi connectivity index (χ2n) is 7.87. The molecule has 156 valence electrons. The zero-order valence-electron chi connectivity index (χ0n) is 17.3. The van der Waals surface area contributed by atoms with Crippen molar-refractivity contribution in [2.75, 3.05) is 13.1 Å². The first kappa shape index (κ1) is 21.0. The molecule has 0 spiro atoms. The fourth-order valence-electron chi connectivity index (χ4n) is 3.93. The number of piperidine rings is 1. The number of aryl methyl sites for hydroxylation is 1. The molecule has 7 heteroatoms. The van der Waals surface area contributed by atoms with Gasteiger partial charge < -0.3 is 15.1 Å². The lowest BCUT2D eigenvalue weighted by Crippen LogP contribution is -2.46. The van der Waals surface area contributed by atoms with Crippen molar-refractivity contribution in [2.24, 2.45) is 0 Å². The molecule has 2 heterocycles. The van der Waals surface area contributed by atoms with Crippen molar-refractivity contribution >= 4 is 11.9 Å². The Hall–Kier alpha value is -2.67. The Morgan fingerprint density at radius 1 is 1.14 bits per heavy atom. The van der Waals surface area contributed by atoms with E-state index in [-0.39, 0.29) is 12.3 Å². The fourth-order valence-corrected chi connectivity index (χ4v) is 3.93. The highest BCUT2D eigenvalue weighted by Crippen LogP contribution is 2.26. The molecule has 1 aromatic carbocycles. The van der Waals surface area contributed by atoms with Crippen LogP contribution in [0.4, 0.5) is 0 Å². The number of hydrogen-bond donors (Lipinski definition) is 2. The standard InChI is InChI=1S/C22H29N3O4/c1-4-22(29)11-13-24(14-12-22)21(28)17-5-7-18(8-6-17)25-16(3)19(15(2)23-25)9-10-20(26)27/h5-8,29H,4,9-14H2,1-3H3,(H,26,27). The minimum Gasteiger partial charge on any atom is -0.481 e. The Morgan fingerprint density at radius 2 is 1.76 bits per heavy atom. The van der Waals surface area contributed by atoms with E-state index >= 15 is 0 Å². The number of carboxylic acids is 1. The first-order valence-electron chi connectivity index (χ1n) is 10.1. The summed E-state index contributed by atoms with van der Waals surface area (Å²) in [6, 6.07) is 7.32. The second-order valence-corrected chi connectivity index (χ2v) is 7.87. The molecule has 0 radical (unpaired) electrons. The molecule has 1 amide bonds. The number of carbonyl (C=O) groups is 2. The van der Waals surface area contributed by atoms with Gasteiger partial charge in [-0.3, -0.25) is 9.59 Å². The molecule has 1 saturated heterocycles. The number of aromatic nitrogens is 2. The number of rotatable bonds is 6. The molecule has 1 aromatic heterocycles. The topological polar surface area (TPSA) is 95.7 Å². The average molecular weight is 399 g/mol. The van der Waals surface area contributed by atoms with Crippen LogP contribution in [0.25, 0.3) is 5.69 Å². The summed E-state index contributed by atoms with van der Waals surface area (Å²) in [4.78, 5) is 25.5. The van der Waals surface area contributed by atoms with E-state index in [1.54, 1.807) is 21.7 Å². The first-order valence-corrected chi connectivity index (χ1v) is 10.1. The van der Waals surface area contributed by atoms with Gasteiger partial charge in [-0.25, -0.2) is 4.68 Å². The van der Waals surface area contributed by atoms with Crippen LogP contribution in [0.3, 0.4) is 0 Å². The number of benzene rings is 1. The lowest BCUT2D eigenvalue weighted by atomic mass is 9.89. The Balaban J connectivity index is 1.73. The van der Waals surface area contributed by atoms with E-state index < -0.39 is 11.6 Å². The quantitative estimate of drug-likeness (QED) is 0.779. The summed E-state index contributed by atoms with van der Waals surface area (Å²) in [5.74, 6) is -0.847. The van der Waals surface area contributed by atoms with Gasteiger partial charge in [-0.1, -0.05) is 6.92 Å². The van der Waals surface area contributed by atoms with Crippen LogP contribution in [0.15, 0.2) is 24.3 Å². The predicted octanol–water partition coefficient (Wildman–Crippen LogP) is 2.88. The highest BCUT2D eigenvalue weighted by atomic mass is 16.4. The highest BCUT2D eigenvalue weighted by molar-refractivity contribution is 5.94. The van der Waals surface area contributed by atoms with Gasteiger partial charge in [0.05, 0.1) is 17.0 Å². The summed E-state index contributed by atoms with van der Waals surface area (Å²) in [7, 11) is 0. The third-order valence-electron chi connectivity index (χ3n) is 6.03. The number of hydrogen-bond acceptors (Lipinski definition) is 4. The molecule has 0 unspecified atom stereocenters. The summed E-state index contributed by atoms with van der Waals surface area (Å²) in [5.41, 5.74) is 3.49. The number of aliphatic hydroxyl groups is 1. The summed E-state index contributed by atoms with van der Waals surface area (Å²) >= 11 is 0. The molecule has 29 heavy (non-hydrogen) atoms. The third-order valence-corrected chi connectivity index (χ3v) is 6.03. The minimum absolute atomic E-state index is 0.0229. The van der Waals surface area contributed by atoms with Crippen LogP contribution in [0.2, 0.25) is 0 Å². The molecule has 1 aliphatic heterocycles. The largest absolute Gasteiger partial charge is 0.481 e. The van der Waals surface area contributed by atoms with E-state index in [1.165, 1.54) is 0 Å². The summed E-state index contributed by atoms with van der Waals surface area (Å²) in [6.45, 7) is 6.91. The van der Waals surface area contributed by atoms with E-state index in [0.29, 0.717) is 44.3 Å². The van der Waals surface area contributed by atoms with E-state index in [0.717, 1.165) is 22.6 Å². The number of likely N-dealkylation sites (tertiary alicyclic amines) is 1. The lowest BCUT2D eigenvalue weighted by Gasteiger charge is -2.37. The van der Waals surface area contributed by atoms with Gasteiger partial charge >= 0.3 is 5.97 Å². The maximum absolute atomic E-state index is 12.8. The molecule has 0 atom stereocenters. The number of carbonyl (C=O) groups excluding carboxylic acids is 1. The van der Waals surface area contributed by atoms with Crippen LogP contribution in [0.5, 0.6) is 0 Å². The Morgan fingerprint density at radius 3 is 2.31 bits per heavy atom. The SMILES string of the molecule is CCC1(O)CCN(C(=O)c2ccc(-n3nc(C)c(CCC(=O)O)c3C)cc2)CC1. The Bertz CT molecular complexity index is 894. The Labute approximate surface area is 171 Å². The molecule has 7 nitrogen and oxygen atoms in total. The van der Waals surface area contributed by atoms with Crippen molar-refractivity contribution in [3.63, 3.8) is 0 Å². The van der Waals surface area contributed by atoms with Crippen LogP contribution in [-0.4, -0.2) is 55.5 Å². The summed E-state index contributed by atoms with van der Waals surface area (Å²) < 4.78 is 1.79. The summed E-state index contributed by atoms with van der Waals surface area (Å²) in [5, 5.41) is 23.8. The van der Waals surface area contributed by atoms with Crippen LogP contribution < -0.4 is 0 Å². The lowest BCUT2D eigenvalue weighted by molar-refractivity contribution is -0.136. The number of aliphatic carboxylic acids is 1. The predicted molar refractivity (Wildman–Crippen MR) is 109 cm³/mol. The molecule has 1 fully saturated rings. The van der Waals surface area contributed by atoms with Gasteiger partial charge in [-0.15, -0.1) is 0 Å². The van der Waals surface area contributed by atoms with Gasteiger partial charge in [-0.05, 0) is 69.4 Å². The van der Waals surface area contributed by atoms with Crippen molar-refractivity contribution in [1.29, 1.82) is 0 Å². The van der Waals surface area contributed by atoms with E-state index in [2.05, 4.69) is 5.10 Å². The number of amides is 1. The first-order chi connectivity index (χ1) is 13.7. The van der Waals surface area contributed by atoms with Gasteiger partial charge in [0.15, 0.2) is 0 Å². The van der Waals surface area contributed by atoms with Gasteiger partial charge in [-0.2, -0.15) is 5.10 Å². The van der Waals surface area contributed by atoms with Crippen molar-refractivity contribution < 1.29 is 19.8 Å². The molecule has 0 saturated carbocycles. The zero-order chi connectivity index (χ0) is 21.2. The fraction of sp³-hybridized carbons (Fsp3) is 0.500. The van der Waals surface area contributed by atoms with Crippen LogP contribution in [0.1, 0.15) is 59.9 Å². The van der Waals surface area contributed by atoms with Crippen molar-refractivity contribution in [1.82, 2.24) is 14.7 Å². The number of carboxylic acid groups (broad SMARTS) is 1. The molecule has 0 bridgehead atoms. The second kappa shape index (κ2) is 8.37. The van der Waals surface area contributed by atoms with Crippen molar-refractivity contribution in [3.8, 4) is 5.69 Å². The van der Waals surface area contributed by atoms with Gasteiger partial charge in [0.1, 0.15) is 0 Å². The molecule has 1 aliphatic rings. The van der Waals surface area contributed by atoms with Gasteiger partial charge in [0.2, 0.25) is 0 Å². The Kier molecular flexibility index (Phi) is 6.07. The summed E-state index contributed by atoms with van der Waals surface area (Å²) in [6.07, 6.45) is 2.45. The van der Waals surface area contributed by atoms with E-state index in [9.17, 15) is 14.7 Å². The van der Waals surface area contributed by atoms with Crippen LogP contribution in [0, 0.1) is 13.8 Å². The van der Waals surface area contributed by atoms with Crippen LogP contribution >= 0.6 is 0 Å². The van der Waals surface area contributed by atoms with E-state index in [1.807, 2.05) is 32.9 Å². The number of nitrogens with zero attached hydrogens (tertiary/aromatic N) is 3.